The molecule has 0 aliphatic rings. The van der Waals surface area contributed by atoms with Crippen LogP contribution in [0.15, 0.2) is 24.3 Å². The largest absolute Gasteiger partial charge is 0.507 e. The Morgan fingerprint density at radius 2 is 0.970 bits per heavy atom. The SMILES string of the molecule is CCCOCc1cc(C(C)(C)c2cc(COC)c(O)c(COCCC)c2)cc(COC)c1O. The number of methoxy groups -OCH3 is 2. The van der Waals surface area contributed by atoms with Crippen molar-refractivity contribution in [3.63, 3.8) is 0 Å². The van der Waals surface area contributed by atoms with Crippen LogP contribution in [0.5, 0.6) is 11.5 Å². The van der Waals surface area contributed by atoms with Gasteiger partial charge in [0.1, 0.15) is 11.5 Å². The van der Waals surface area contributed by atoms with Gasteiger partial charge in [0.25, 0.3) is 0 Å². The molecule has 0 aliphatic carbocycles. The fourth-order valence-corrected chi connectivity index (χ4v) is 3.81. The summed E-state index contributed by atoms with van der Waals surface area (Å²) in [5.74, 6) is 0.430. The average Bonchev–Trinajstić information content (AvgIpc) is 2.78. The van der Waals surface area contributed by atoms with Gasteiger partial charge >= 0.3 is 0 Å². The van der Waals surface area contributed by atoms with Gasteiger partial charge in [-0.05, 0) is 48.2 Å². The highest BCUT2D eigenvalue weighted by Crippen LogP contribution is 2.39. The molecule has 0 radical (unpaired) electrons. The molecule has 6 nitrogen and oxygen atoms in total. The van der Waals surface area contributed by atoms with Crippen molar-refractivity contribution in [1.29, 1.82) is 0 Å². The first-order valence-corrected chi connectivity index (χ1v) is 11.6. The number of phenolic OH excluding ortho intramolecular Hbond substituents is 2. The molecule has 6 heteroatoms. The van der Waals surface area contributed by atoms with Gasteiger partial charge in [0.15, 0.2) is 0 Å². The number of hydrogen-bond donors (Lipinski definition) is 2. The molecule has 0 amide bonds. The lowest BCUT2D eigenvalue weighted by atomic mass is 9.76. The van der Waals surface area contributed by atoms with Gasteiger partial charge in [-0.2, -0.15) is 0 Å². The van der Waals surface area contributed by atoms with E-state index in [1.165, 1.54) is 0 Å². The summed E-state index contributed by atoms with van der Waals surface area (Å²) >= 11 is 0. The van der Waals surface area contributed by atoms with E-state index in [9.17, 15) is 10.2 Å². The van der Waals surface area contributed by atoms with Gasteiger partial charge in [-0.25, -0.2) is 0 Å². The zero-order valence-electron chi connectivity index (χ0n) is 21.0. The summed E-state index contributed by atoms with van der Waals surface area (Å²) in [6.45, 7) is 10.9. The number of hydrogen-bond acceptors (Lipinski definition) is 6. The van der Waals surface area contributed by atoms with Crippen molar-refractivity contribution in [1.82, 2.24) is 0 Å². The highest BCUT2D eigenvalue weighted by Gasteiger charge is 2.28. The second kappa shape index (κ2) is 12.9. The summed E-state index contributed by atoms with van der Waals surface area (Å²) in [6, 6.07) is 7.97. The first-order chi connectivity index (χ1) is 15.8. The zero-order valence-corrected chi connectivity index (χ0v) is 21.0. The van der Waals surface area contributed by atoms with Gasteiger partial charge in [-0.15, -0.1) is 0 Å². The van der Waals surface area contributed by atoms with Crippen molar-refractivity contribution in [2.75, 3.05) is 27.4 Å². The summed E-state index contributed by atoms with van der Waals surface area (Å²) in [6.07, 6.45) is 1.82. The van der Waals surface area contributed by atoms with Crippen LogP contribution in [0.3, 0.4) is 0 Å². The summed E-state index contributed by atoms with van der Waals surface area (Å²) in [7, 11) is 3.23. The molecule has 0 aliphatic heterocycles. The van der Waals surface area contributed by atoms with Crippen molar-refractivity contribution in [2.45, 2.75) is 72.4 Å². The molecule has 0 aromatic heterocycles. The van der Waals surface area contributed by atoms with E-state index >= 15 is 0 Å². The number of aromatic hydroxyl groups is 2. The molecule has 184 valence electrons. The second-order valence-corrected chi connectivity index (χ2v) is 8.88. The second-order valence-electron chi connectivity index (χ2n) is 8.88. The Balaban J connectivity index is 2.56. The Bertz CT molecular complexity index is 819. The lowest BCUT2D eigenvalue weighted by Crippen LogP contribution is -2.21. The number of benzene rings is 2. The molecule has 0 unspecified atom stereocenters. The van der Waals surface area contributed by atoms with E-state index in [4.69, 9.17) is 18.9 Å². The van der Waals surface area contributed by atoms with Gasteiger partial charge in [0.2, 0.25) is 0 Å². The Morgan fingerprint density at radius 3 is 1.27 bits per heavy atom. The van der Waals surface area contributed by atoms with E-state index in [0.29, 0.717) is 39.6 Å². The summed E-state index contributed by atoms with van der Waals surface area (Å²) in [4.78, 5) is 0. The number of phenols is 2. The third-order valence-corrected chi connectivity index (χ3v) is 5.79. The first-order valence-electron chi connectivity index (χ1n) is 11.6. The molecule has 0 bridgehead atoms. The van der Waals surface area contributed by atoms with Crippen LogP contribution in [-0.2, 0) is 50.8 Å². The quantitative estimate of drug-likeness (QED) is 0.359. The average molecular weight is 461 g/mol. The van der Waals surface area contributed by atoms with Crippen molar-refractivity contribution in [3.05, 3.63) is 57.6 Å². The molecule has 2 aromatic carbocycles. The Labute approximate surface area is 198 Å². The van der Waals surface area contributed by atoms with E-state index in [-0.39, 0.29) is 11.5 Å². The summed E-state index contributed by atoms with van der Waals surface area (Å²) in [5, 5.41) is 21.5. The number of rotatable bonds is 14. The van der Waals surface area contributed by atoms with Gasteiger partial charge in [-0.3, -0.25) is 0 Å². The maximum atomic E-state index is 10.8. The molecule has 0 saturated carbocycles. The topological polar surface area (TPSA) is 77.4 Å². The van der Waals surface area contributed by atoms with Gasteiger partial charge in [0, 0.05) is 55.1 Å². The minimum atomic E-state index is -0.425. The molecule has 2 rings (SSSR count). The molecule has 0 saturated heterocycles. The predicted molar refractivity (Wildman–Crippen MR) is 130 cm³/mol. The van der Waals surface area contributed by atoms with Crippen molar-refractivity contribution in [3.8, 4) is 11.5 Å². The van der Waals surface area contributed by atoms with Crippen molar-refractivity contribution < 1.29 is 29.2 Å². The lowest BCUT2D eigenvalue weighted by Gasteiger charge is -2.29. The highest BCUT2D eigenvalue weighted by atomic mass is 16.5. The molecular weight excluding hydrogens is 420 g/mol. The van der Waals surface area contributed by atoms with Crippen LogP contribution in [0, 0.1) is 0 Å². The Hall–Kier alpha value is -2.12. The lowest BCUT2D eigenvalue weighted by molar-refractivity contribution is 0.119. The highest BCUT2D eigenvalue weighted by molar-refractivity contribution is 5.52. The van der Waals surface area contributed by atoms with E-state index in [0.717, 1.165) is 46.2 Å². The van der Waals surface area contributed by atoms with Crippen molar-refractivity contribution >= 4 is 0 Å². The fraction of sp³-hybridized carbons (Fsp3) is 0.556. The van der Waals surface area contributed by atoms with Crippen LogP contribution in [0.25, 0.3) is 0 Å². The van der Waals surface area contributed by atoms with E-state index in [1.54, 1.807) is 14.2 Å². The smallest absolute Gasteiger partial charge is 0.126 e. The van der Waals surface area contributed by atoms with Crippen LogP contribution < -0.4 is 0 Å². The molecule has 0 atom stereocenters. The molecular formula is C27H40O6. The fourth-order valence-electron chi connectivity index (χ4n) is 3.81. The summed E-state index contributed by atoms with van der Waals surface area (Å²) < 4.78 is 22.1. The van der Waals surface area contributed by atoms with Crippen LogP contribution in [0.1, 0.15) is 73.9 Å². The Kier molecular flexibility index (Phi) is 10.6. The molecule has 33 heavy (non-hydrogen) atoms. The van der Waals surface area contributed by atoms with Crippen LogP contribution in [-0.4, -0.2) is 37.6 Å². The molecule has 0 fully saturated rings. The third-order valence-electron chi connectivity index (χ3n) is 5.79. The summed E-state index contributed by atoms with van der Waals surface area (Å²) in [5.41, 5.74) is 4.55. The van der Waals surface area contributed by atoms with E-state index < -0.39 is 5.41 Å². The van der Waals surface area contributed by atoms with Gasteiger partial charge < -0.3 is 29.2 Å². The Morgan fingerprint density at radius 1 is 0.636 bits per heavy atom. The van der Waals surface area contributed by atoms with Crippen LogP contribution in [0.4, 0.5) is 0 Å². The third kappa shape index (κ3) is 6.93. The minimum Gasteiger partial charge on any atom is -0.507 e. The number of ether oxygens (including phenoxy) is 4. The van der Waals surface area contributed by atoms with Crippen LogP contribution >= 0.6 is 0 Å². The normalized spacial score (nSPS) is 11.8. The molecule has 0 heterocycles. The molecule has 0 spiro atoms. The van der Waals surface area contributed by atoms with E-state index in [2.05, 4.69) is 27.7 Å². The van der Waals surface area contributed by atoms with Gasteiger partial charge in [0.05, 0.1) is 26.4 Å². The van der Waals surface area contributed by atoms with E-state index in [1.807, 2.05) is 24.3 Å². The maximum Gasteiger partial charge on any atom is 0.126 e. The standard InChI is InChI=1S/C27H40O6/c1-7-9-32-17-21-13-23(11-19(15-30-5)25(21)28)27(3,4)24-12-20(16-31-6)26(29)22(14-24)18-33-10-8-2/h11-14,28-29H,7-10,15-18H2,1-6H3. The predicted octanol–water partition coefficient (Wildman–Crippen LogP) is 5.57. The monoisotopic (exact) mass is 460 g/mol. The zero-order chi connectivity index (χ0) is 24.4. The van der Waals surface area contributed by atoms with Crippen LogP contribution in [0.2, 0.25) is 0 Å². The van der Waals surface area contributed by atoms with Crippen molar-refractivity contribution in [2.24, 2.45) is 0 Å². The molecule has 2 N–H and O–H groups in total. The first kappa shape index (κ1) is 27.1. The van der Waals surface area contributed by atoms with Gasteiger partial charge in [-0.1, -0.05) is 27.7 Å². The maximum absolute atomic E-state index is 10.8. The minimum absolute atomic E-state index is 0.215. The molecule has 2 aromatic rings.